The number of piperidine rings is 1. The van der Waals surface area contributed by atoms with Crippen LogP contribution in [-0.4, -0.2) is 60.4 Å². The van der Waals surface area contributed by atoms with Gasteiger partial charge in [-0.1, -0.05) is 60.7 Å². The molecular formula is C25H28N2O5. The molecule has 2 spiro atoms. The fourth-order valence-electron chi connectivity index (χ4n) is 5.16. The Morgan fingerprint density at radius 2 is 1.53 bits per heavy atom. The Morgan fingerprint density at radius 1 is 0.906 bits per heavy atom. The normalized spacial score (nSPS) is 24.4. The highest BCUT2D eigenvalue weighted by atomic mass is 16.7. The van der Waals surface area contributed by atoms with E-state index in [9.17, 15) is 9.59 Å². The highest BCUT2D eigenvalue weighted by molar-refractivity contribution is 5.86. The second-order valence-electron chi connectivity index (χ2n) is 8.71. The van der Waals surface area contributed by atoms with Gasteiger partial charge in [-0.15, -0.1) is 0 Å². The van der Waals surface area contributed by atoms with E-state index in [1.807, 2.05) is 65.6 Å². The number of carbonyl (C=O) groups excluding carboxylic acids is 2. The van der Waals surface area contributed by atoms with Crippen LogP contribution in [0.5, 0.6) is 0 Å². The second-order valence-corrected chi connectivity index (χ2v) is 8.71. The van der Waals surface area contributed by atoms with Crippen LogP contribution in [0.4, 0.5) is 4.79 Å². The van der Waals surface area contributed by atoms with Gasteiger partial charge in [0.1, 0.15) is 12.0 Å². The summed E-state index contributed by atoms with van der Waals surface area (Å²) in [5.74, 6) is -1.06. The van der Waals surface area contributed by atoms with Crippen LogP contribution in [0.1, 0.15) is 24.0 Å². The van der Waals surface area contributed by atoms with Gasteiger partial charge >= 0.3 is 6.09 Å². The lowest BCUT2D eigenvalue weighted by Gasteiger charge is -2.49. The molecule has 0 saturated carbocycles. The minimum Gasteiger partial charge on any atom is -0.445 e. The summed E-state index contributed by atoms with van der Waals surface area (Å²) in [7, 11) is 0. The summed E-state index contributed by atoms with van der Waals surface area (Å²) < 4.78 is 17.8. The standard InChI is InChI=1S/C25H28N2O5/c28-22-24(11-13-26(22)17-20-7-3-1-4-8-20)12-14-27(19-25(24)31-15-16-32-25)23(29)30-18-21-9-5-2-6-10-21/h1-10H,11-19H2. The van der Waals surface area contributed by atoms with Gasteiger partial charge in [0, 0.05) is 19.6 Å². The van der Waals surface area contributed by atoms with Gasteiger partial charge in [0.2, 0.25) is 11.7 Å². The largest absolute Gasteiger partial charge is 0.445 e. The van der Waals surface area contributed by atoms with Gasteiger partial charge in [0.05, 0.1) is 19.8 Å². The van der Waals surface area contributed by atoms with E-state index in [0.29, 0.717) is 45.7 Å². The number of rotatable bonds is 4. The van der Waals surface area contributed by atoms with Gasteiger partial charge in [-0.05, 0) is 24.0 Å². The van der Waals surface area contributed by atoms with Crippen molar-refractivity contribution in [2.24, 2.45) is 5.41 Å². The summed E-state index contributed by atoms with van der Waals surface area (Å²) in [6.07, 6.45) is 0.747. The van der Waals surface area contributed by atoms with Crippen molar-refractivity contribution in [1.29, 1.82) is 0 Å². The molecule has 1 unspecified atom stereocenters. The molecule has 1 atom stereocenters. The van der Waals surface area contributed by atoms with E-state index >= 15 is 0 Å². The quantitative estimate of drug-likeness (QED) is 0.736. The Bertz CT molecular complexity index is 961. The molecule has 3 saturated heterocycles. The molecule has 0 N–H and O–H groups in total. The smallest absolute Gasteiger partial charge is 0.410 e. The summed E-state index contributed by atoms with van der Waals surface area (Å²) in [4.78, 5) is 30.0. The Hall–Kier alpha value is -2.90. The van der Waals surface area contributed by atoms with Crippen molar-refractivity contribution >= 4 is 12.0 Å². The van der Waals surface area contributed by atoms with Gasteiger partial charge < -0.3 is 24.0 Å². The van der Waals surface area contributed by atoms with Gasteiger partial charge in [-0.2, -0.15) is 0 Å². The molecule has 168 valence electrons. The topological polar surface area (TPSA) is 68.3 Å². The number of ether oxygens (including phenoxy) is 3. The molecule has 7 nitrogen and oxygen atoms in total. The lowest BCUT2D eigenvalue weighted by atomic mass is 9.72. The van der Waals surface area contributed by atoms with Crippen LogP contribution < -0.4 is 0 Å². The summed E-state index contributed by atoms with van der Waals surface area (Å²) in [6, 6.07) is 19.6. The van der Waals surface area contributed by atoms with Crippen molar-refractivity contribution in [3.05, 3.63) is 71.8 Å². The molecule has 3 aliphatic heterocycles. The minimum atomic E-state index is -1.11. The molecule has 0 radical (unpaired) electrons. The van der Waals surface area contributed by atoms with Crippen LogP contribution in [0.3, 0.4) is 0 Å². The van der Waals surface area contributed by atoms with Gasteiger partial charge in [0.25, 0.3) is 0 Å². The van der Waals surface area contributed by atoms with Gasteiger partial charge in [0.15, 0.2) is 0 Å². The number of amides is 2. The first-order chi connectivity index (χ1) is 15.6. The number of likely N-dealkylation sites (tertiary alicyclic amines) is 2. The third-order valence-electron chi connectivity index (χ3n) is 6.88. The molecule has 3 aliphatic rings. The van der Waals surface area contributed by atoms with Crippen molar-refractivity contribution in [2.75, 3.05) is 32.8 Å². The highest BCUT2D eigenvalue weighted by Crippen LogP contribution is 2.52. The zero-order chi connectivity index (χ0) is 22.0. The molecule has 5 rings (SSSR count). The average molecular weight is 437 g/mol. The molecule has 7 heteroatoms. The summed E-state index contributed by atoms with van der Waals surface area (Å²) >= 11 is 0. The van der Waals surface area contributed by atoms with Crippen molar-refractivity contribution < 1.29 is 23.8 Å². The van der Waals surface area contributed by atoms with E-state index in [4.69, 9.17) is 14.2 Å². The first-order valence-corrected chi connectivity index (χ1v) is 11.2. The summed E-state index contributed by atoms with van der Waals surface area (Å²) in [5.41, 5.74) is 1.26. The van der Waals surface area contributed by atoms with Crippen molar-refractivity contribution in [3.63, 3.8) is 0 Å². The Kier molecular flexibility index (Phi) is 5.61. The van der Waals surface area contributed by atoms with Gasteiger partial charge in [-0.3, -0.25) is 4.79 Å². The predicted octanol–water partition coefficient (Wildman–Crippen LogP) is 3.19. The maximum absolute atomic E-state index is 13.7. The lowest BCUT2D eigenvalue weighted by molar-refractivity contribution is -0.253. The zero-order valence-corrected chi connectivity index (χ0v) is 18.1. The predicted molar refractivity (Wildman–Crippen MR) is 116 cm³/mol. The zero-order valence-electron chi connectivity index (χ0n) is 18.1. The monoisotopic (exact) mass is 436 g/mol. The third-order valence-corrected chi connectivity index (χ3v) is 6.88. The number of benzene rings is 2. The number of carbonyl (C=O) groups is 2. The van der Waals surface area contributed by atoms with E-state index in [2.05, 4.69) is 0 Å². The maximum Gasteiger partial charge on any atom is 0.410 e. The van der Waals surface area contributed by atoms with Crippen molar-refractivity contribution in [1.82, 2.24) is 9.80 Å². The molecule has 0 bridgehead atoms. The molecule has 32 heavy (non-hydrogen) atoms. The highest BCUT2D eigenvalue weighted by Gasteiger charge is 2.66. The Balaban J connectivity index is 1.30. The van der Waals surface area contributed by atoms with E-state index in [1.54, 1.807) is 4.90 Å². The van der Waals surface area contributed by atoms with Crippen LogP contribution >= 0.6 is 0 Å². The van der Waals surface area contributed by atoms with Crippen LogP contribution in [0.2, 0.25) is 0 Å². The molecule has 2 aromatic carbocycles. The molecule has 3 heterocycles. The first-order valence-electron chi connectivity index (χ1n) is 11.2. The summed E-state index contributed by atoms with van der Waals surface area (Å²) in [6.45, 7) is 2.90. The number of fused-ring (bicyclic) bond motifs is 1. The molecule has 0 aliphatic carbocycles. The number of hydrogen-bond donors (Lipinski definition) is 0. The van der Waals surface area contributed by atoms with E-state index < -0.39 is 17.3 Å². The number of hydrogen-bond acceptors (Lipinski definition) is 5. The first kappa shape index (κ1) is 21.0. The lowest BCUT2D eigenvalue weighted by Crippen LogP contribution is -2.64. The molecular weight excluding hydrogens is 408 g/mol. The molecule has 0 aromatic heterocycles. The van der Waals surface area contributed by atoms with Crippen molar-refractivity contribution in [3.8, 4) is 0 Å². The van der Waals surface area contributed by atoms with E-state index in [0.717, 1.165) is 11.1 Å². The average Bonchev–Trinajstić information content (AvgIpc) is 3.42. The molecule has 2 aromatic rings. The number of nitrogens with zero attached hydrogens (tertiary/aromatic N) is 2. The van der Waals surface area contributed by atoms with Crippen LogP contribution in [0.15, 0.2) is 60.7 Å². The summed E-state index contributed by atoms with van der Waals surface area (Å²) in [5, 5.41) is 0. The molecule has 3 fully saturated rings. The van der Waals surface area contributed by atoms with Crippen LogP contribution in [-0.2, 0) is 32.2 Å². The van der Waals surface area contributed by atoms with E-state index in [1.165, 1.54) is 0 Å². The van der Waals surface area contributed by atoms with Gasteiger partial charge in [-0.25, -0.2) is 4.79 Å². The Labute approximate surface area is 187 Å². The maximum atomic E-state index is 13.7. The SMILES string of the molecule is O=C(OCc1ccccc1)N1CCC2(CCN(Cc3ccccc3)C2=O)C2(C1)OCCO2. The Morgan fingerprint density at radius 3 is 2.22 bits per heavy atom. The minimum absolute atomic E-state index is 0.0561. The van der Waals surface area contributed by atoms with Crippen molar-refractivity contribution in [2.45, 2.75) is 31.8 Å². The fourth-order valence-corrected chi connectivity index (χ4v) is 5.16. The van der Waals surface area contributed by atoms with E-state index in [-0.39, 0.29) is 19.1 Å². The second kappa shape index (κ2) is 8.56. The molecule has 2 amide bonds. The van der Waals surface area contributed by atoms with Crippen LogP contribution in [0.25, 0.3) is 0 Å². The van der Waals surface area contributed by atoms with Crippen LogP contribution in [0, 0.1) is 5.41 Å². The fraction of sp³-hybridized carbons (Fsp3) is 0.440. The third kappa shape index (κ3) is 3.65.